The van der Waals surface area contributed by atoms with E-state index in [-0.39, 0.29) is 24.4 Å². The first-order valence-corrected chi connectivity index (χ1v) is 7.43. The highest BCUT2D eigenvalue weighted by molar-refractivity contribution is 5.97. The van der Waals surface area contributed by atoms with Crippen LogP contribution in [0.5, 0.6) is 5.75 Å². The van der Waals surface area contributed by atoms with Gasteiger partial charge in [-0.25, -0.2) is 0 Å². The van der Waals surface area contributed by atoms with Crippen LogP contribution in [0.4, 0.5) is 0 Å². The van der Waals surface area contributed by atoms with Gasteiger partial charge >= 0.3 is 0 Å². The maximum atomic E-state index is 12.4. The smallest absolute Gasteiger partial charge is 0.255 e. The lowest BCUT2D eigenvalue weighted by molar-refractivity contribution is 0.0934. The summed E-state index contributed by atoms with van der Waals surface area (Å²) in [6.07, 6.45) is 5.59. The summed E-state index contributed by atoms with van der Waals surface area (Å²) < 4.78 is 5.32. The number of carbonyl (C=O) groups excluding carboxylic acids is 1. The molecule has 0 spiro atoms. The number of amides is 1. The van der Waals surface area contributed by atoms with Crippen LogP contribution in [0, 0.1) is 0 Å². The molecule has 21 heavy (non-hydrogen) atoms. The average molecular weight is 311 g/mol. The summed E-state index contributed by atoms with van der Waals surface area (Å²) in [6.45, 7) is 0. The van der Waals surface area contributed by atoms with Gasteiger partial charge in [-0.05, 0) is 37.0 Å². The SMILES string of the molecule is COc1ccc(C2CC2N)cc1C(=O)NC1CCCC1.Cl. The summed E-state index contributed by atoms with van der Waals surface area (Å²) in [5, 5.41) is 3.12. The first kappa shape index (κ1) is 16.1. The van der Waals surface area contributed by atoms with E-state index < -0.39 is 0 Å². The highest BCUT2D eigenvalue weighted by atomic mass is 35.5. The topological polar surface area (TPSA) is 64.3 Å². The number of hydrogen-bond acceptors (Lipinski definition) is 3. The Labute approximate surface area is 131 Å². The predicted octanol–water partition coefficient (Wildman–Crippen LogP) is 2.60. The predicted molar refractivity (Wildman–Crippen MR) is 85.3 cm³/mol. The Morgan fingerprint density at radius 3 is 2.57 bits per heavy atom. The largest absolute Gasteiger partial charge is 0.496 e. The number of nitrogens with two attached hydrogens (primary N) is 1. The molecule has 2 aliphatic carbocycles. The summed E-state index contributed by atoms with van der Waals surface area (Å²) >= 11 is 0. The molecule has 1 aromatic carbocycles. The van der Waals surface area contributed by atoms with Crippen LogP contribution in [0.2, 0.25) is 0 Å². The van der Waals surface area contributed by atoms with Crippen LogP contribution in [0.1, 0.15) is 53.9 Å². The maximum Gasteiger partial charge on any atom is 0.255 e. The van der Waals surface area contributed by atoms with Crippen LogP contribution < -0.4 is 15.8 Å². The molecule has 0 aliphatic heterocycles. The van der Waals surface area contributed by atoms with Crippen LogP contribution in [-0.4, -0.2) is 25.1 Å². The summed E-state index contributed by atoms with van der Waals surface area (Å²) in [7, 11) is 1.60. The van der Waals surface area contributed by atoms with Gasteiger partial charge in [0.05, 0.1) is 12.7 Å². The van der Waals surface area contributed by atoms with Gasteiger partial charge in [0, 0.05) is 18.0 Å². The number of benzene rings is 1. The average Bonchev–Trinajstić information content (AvgIpc) is 2.97. The molecule has 1 aromatic rings. The van der Waals surface area contributed by atoms with Crippen molar-refractivity contribution in [3.63, 3.8) is 0 Å². The zero-order chi connectivity index (χ0) is 14.1. The minimum Gasteiger partial charge on any atom is -0.496 e. The normalized spacial score (nSPS) is 24.3. The van der Waals surface area contributed by atoms with Gasteiger partial charge in [-0.15, -0.1) is 12.4 Å². The van der Waals surface area contributed by atoms with Crippen molar-refractivity contribution < 1.29 is 9.53 Å². The zero-order valence-corrected chi connectivity index (χ0v) is 13.1. The second-order valence-corrected chi connectivity index (χ2v) is 5.92. The van der Waals surface area contributed by atoms with Crippen LogP contribution in [0.15, 0.2) is 18.2 Å². The van der Waals surface area contributed by atoms with Crippen molar-refractivity contribution in [2.45, 2.75) is 50.1 Å². The third-order valence-corrected chi connectivity index (χ3v) is 4.43. The molecule has 0 aromatic heterocycles. The standard InChI is InChI=1S/C16H22N2O2.ClH/c1-20-15-7-6-10(12-9-14(12)17)8-13(15)16(19)18-11-4-2-3-5-11;/h6-8,11-12,14H,2-5,9,17H2,1H3,(H,18,19);1H. The highest BCUT2D eigenvalue weighted by Gasteiger charge is 2.35. The number of hydrogen-bond donors (Lipinski definition) is 2. The molecule has 2 atom stereocenters. The molecule has 2 saturated carbocycles. The Kier molecular flexibility index (Phi) is 5.12. The van der Waals surface area contributed by atoms with E-state index >= 15 is 0 Å². The molecule has 3 N–H and O–H groups in total. The number of nitrogens with one attached hydrogen (secondary N) is 1. The van der Waals surface area contributed by atoms with Crippen LogP contribution in [0.25, 0.3) is 0 Å². The fourth-order valence-electron chi connectivity index (χ4n) is 3.06. The number of methoxy groups -OCH3 is 1. The Balaban J connectivity index is 0.00000161. The van der Waals surface area contributed by atoms with Gasteiger partial charge in [0.15, 0.2) is 0 Å². The van der Waals surface area contributed by atoms with E-state index in [0.717, 1.165) is 24.8 Å². The van der Waals surface area contributed by atoms with Crippen molar-refractivity contribution in [3.05, 3.63) is 29.3 Å². The summed E-state index contributed by atoms with van der Waals surface area (Å²) in [6, 6.07) is 6.40. The summed E-state index contributed by atoms with van der Waals surface area (Å²) in [5.74, 6) is 1.02. The lowest BCUT2D eigenvalue weighted by Crippen LogP contribution is -2.32. The molecule has 0 saturated heterocycles. The molecular formula is C16H23ClN2O2. The van der Waals surface area contributed by atoms with Crippen molar-refractivity contribution >= 4 is 18.3 Å². The molecule has 0 heterocycles. The second-order valence-electron chi connectivity index (χ2n) is 5.92. The fraction of sp³-hybridized carbons (Fsp3) is 0.562. The minimum absolute atomic E-state index is 0. The lowest BCUT2D eigenvalue weighted by atomic mass is 10.0. The highest BCUT2D eigenvalue weighted by Crippen LogP contribution is 2.40. The van der Waals surface area contributed by atoms with Crippen LogP contribution in [-0.2, 0) is 0 Å². The van der Waals surface area contributed by atoms with Crippen molar-refractivity contribution in [2.24, 2.45) is 5.73 Å². The van der Waals surface area contributed by atoms with Crippen molar-refractivity contribution in [2.75, 3.05) is 7.11 Å². The van der Waals surface area contributed by atoms with Crippen LogP contribution >= 0.6 is 12.4 Å². The molecule has 1 amide bonds. The number of ether oxygens (including phenoxy) is 1. The molecule has 5 heteroatoms. The maximum absolute atomic E-state index is 12.4. The minimum atomic E-state index is -0.0233. The van der Waals surface area contributed by atoms with E-state index in [2.05, 4.69) is 5.32 Å². The van der Waals surface area contributed by atoms with Crippen LogP contribution in [0.3, 0.4) is 0 Å². The Morgan fingerprint density at radius 2 is 2.00 bits per heavy atom. The monoisotopic (exact) mass is 310 g/mol. The molecule has 116 valence electrons. The first-order chi connectivity index (χ1) is 9.69. The Bertz CT molecular complexity index is 515. The number of rotatable bonds is 4. The molecule has 0 bridgehead atoms. The molecular weight excluding hydrogens is 288 g/mol. The Morgan fingerprint density at radius 1 is 1.33 bits per heavy atom. The number of halogens is 1. The Hall–Kier alpha value is -1.26. The molecule has 3 rings (SSSR count). The lowest BCUT2D eigenvalue weighted by Gasteiger charge is -2.15. The van der Waals surface area contributed by atoms with Crippen molar-refractivity contribution in [1.82, 2.24) is 5.32 Å². The quantitative estimate of drug-likeness (QED) is 0.898. The van der Waals surface area contributed by atoms with Crippen molar-refractivity contribution in [3.8, 4) is 5.75 Å². The molecule has 2 aliphatic rings. The van der Waals surface area contributed by atoms with E-state index in [0.29, 0.717) is 23.3 Å². The third kappa shape index (κ3) is 3.50. The van der Waals surface area contributed by atoms with Gasteiger partial charge in [-0.2, -0.15) is 0 Å². The van der Waals surface area contributed by atoms with E-state index in [1.165, 1.54) is 12.8 Å². The molecule has 0 radical (unpaired) electrons. The van der Waals surface area contributed by atoms with E-state index in [1.807, 2.05) is 18.2 Å². The summed E-state index contributed by atoms with van der Waals surface area (Å²) in [4.78, 5) is 12.4. The number of carbonyl (C=O) groups is 1. The summed E-state index contributed by atoms with van der Waals surface area (Å²) in [5.41, 5.74) is 7.68. The van der Waals surface area contributed by atoms with Gasteiger partial charge in [-0.3, -0.25) is 4.79 Å². The molecule has 4 nitrogen and oxygen atoms in total. The molecule has 2 fully saturated rings. The van der Waals surface area contributed by atoms with Gasteiger partial charge < -0.3 is 15.8 Å². The van der Waals surface area contributed by atoms with E-state index in [4.69, 9.17) is 10.5 Å². The first-order valence-electron chi connectivity index (χ1n) is 7.43. The van der Waals surface area contributed by atoms with E-state index in [1.54, 1.807) is 7.11 Å². The van der Waals surface area contributed by atoms with E-state index in [9.17, 15) is 4.79 Å². The zero-order valence-electron chi connectivity index (χ0n) is 12.3. The molecule has 2 unspecified atom stereocenters. The second kappa shape index (κ2) is 6.67. The fourth-order valence-corrected chi connectivity index (χ4v) is 3.06. The van der Waals surface area contributed by atoms with Gasteiger partial charge in [0.1, 0.15) is 5.75 Å². The van der Waals surface area contributed by atoms with Crippen molar-refractivity contribution in [1.29, 1.82) is 0 Å². The third-order valence-electron chi connectivity index (χ3n) is 4.43. The van der Waals surface area contributed by atoms with Gasteiger partial charge in [0.2, 0.25) is 0 Å². The van der Waals surface area contributed by atoms with Gasteiger partial charge in [0.25, 0.3) is 5.91 Å². The van der Waals surface area contributed by atoms with Gasteiger partial charge in [-0.1, -0.05) is 18.9 Å².